The Balaban J connectivity index is 1.68. The second kappa shape index (κ2) is 15.6. The lowest BCUT2D eigenvalue weighted by atomic mass is 9.92. The number of ether oxygens (including phenoxy) is 4. The Morgan fingerprint density at radius 3 is 2.44 bits per heavy atom. The molecule has 3 heterocycles. The van der Waals surface area contributed by atoms with Gasteiger partial charge in [-0.1, -0.05) is 44.9 Å². The lowest BCUT2D eigenvalue weighted by molar-refractivity contribution is -0.166. The van der Waals surface area contributed by atoms with Gasteiger partial charge in [-0.25, -0.2) is 14.1 Å². The Kier molecular flexibility index (Phi) is 11.8. The Hall–Kier alpha value is -4.55. The van der Waals surface area contributed by atoms with Gasteiger partial charge in [-0.2, -0.15) is 15.4 Å². The average Bonchev–Trinajstić information content (AvgIpc) is 3.61. The molecule has 1 aliphatic heterocycles. The van der Waals surface area contributed by atoms with Crippen molar-refractivity contribution in [1.29, 1.82) is 5.26 Å². The molecular formula is C31H39N6O10P. The van der Waals surface area contributed by atoms with Crippen molar-refractivity contribution < 1.29 is 46.9 Å². The number of carbonyl (C=O) groups is 3. The molecule has 0 radical (unpaired) electrons. The first-order valence-electron chi connectivity index (χ1n) is 15.3. The molecule has 0 saturated carbocycles. The number of esters is 3. The number of nitrogens with two attached hydrogens (primary N) is 1. The monoisotopic (exact) mass is 686 g/mol. The zero-order chi connectivity index (χ0) is 35.1. The normalized spacial score (nSPS) is 22.4. The minimum absolute atomic E-state index is 0.0793. The smallest absolute Gasteiger partial charge is 0.459 e. The molecule has 258 valence electrons. The highest BCUT2D eigenvalue weighted by molar-refractivity contribution is 7.52. The van der Waals surface area contributed by atoms with Gasteiger partial charge in [0.2, 0.25) is 5.60 Å². The van der Waals surface area contributed by atoms with Crippen molar-refractivity contribution in [2.45, 2.75) is 77.4 Å². The van der Waals surface area contributed by atoms with Crippen LogP contribution in [0.1, 0.15) is 53.2 Å². The number of carbonyl (C=O) groups excluding carboxylic acids is 3. The van der Waals surface area contributed by atoms with Crippen LogP contribution in [-0.2, 0) is 48.0 Å². The van der Waals surface area contributed by atoms with Gasteiger partial charge in [0.15, 0.2) is 18.0 Å². The van der Waals surface area contributed by atoms with Crippen LogP contribution in [0.3, 0.4) is 0 Å². The van der Waals surface area contributed by atoms with Gasteiger partial charge in [0.05, 0.1) is 18.9 Å². The van der Waals surface area contributed by atoms with Crippen LogP contribution >= 0.6 is 7.75 Å². The Morgan fingerprint density at radius 1 is 1.12 bits per heavy atom. The van der Waals surface area contributed by atoms with Gasteiger partial charge >= 0.3 is 25.7 Å². The van der Waals surface area contributed by atoms with Gasteiger partial charge in [-0.05, 0) is 37.1 Å². The number of hydrogen-bond acceptors (Lipinski definition) is 14. The van der Waals surface area contributed by atoms with E-state index in [1.54, 1.807) is 18.2 Å². The number of aromatic nitrogens is 3. The summed E-state index contributed by atoms with van der Waals surface area (Å²) in [6.07, 6.45) is -1.57. The standard InChI is InChI=1S/C31H39N6O10P/c1-6-22(7-2)15-42-30(40)19(3)36-48(41,47-23-11-9-8-10-12-23)43-16-25-27(44-20(4)38)28(45-21(5)39)31(17-32,46-25)26-14-13-24-29(33)34-18-35-37(24)26/h8-14,18-19,22,25,27-28H,6-7,15-16H2,1-5H3,(H,36,41)(H2,33,34,35)/t19-,25+,27+,28+,31-,48-/m0/s1. The number of nitrogens with one attached hydrogen (secondary N) is 1. The summed E-state index contributed by atoms with van der Waals surface area (Å²) in [5.74, 6) is -1.87. The van der Waals surface area contributed by atoms with E-state index < -0.39 is 62.2 Å². The third-order valence-corrected chi connectivity index (χ3v) is 9.37. The van der Waals surface area contributed by atoms with Crippen LogP contribution in [0.2, 0.25) is 0 Å². The van der Waals surface area contributed by atoms with Gasteiger partial charge in [0, 0.05) is 13.8 Å². The number of rotatable bonds is 15. The van der Waals surface area contributed by atoms with Crippen LogP contribution in [0, 0.1) is 17.2 Å². The van der Waals surface area contributed by atoms with Crippen molar-refractivity contribution in [3.63, 3.8) is 0 Å². The second-order valence-corrected chi connectivity index (χ2v) is 12.8. The first-order valence-corrected chi connectivity index (χ1v) is 16.9. The summed E-state index contributed by atoms with van der Waals surface area (Å²) in [6.45, 7) is 7.20. The molecule has 1 fully saturated rings. The summed E-state index contributed by atoms with van der Waals surface area (Å²) in [5, 5.41) is 17.4. The predicted molar refractivity (Wildman–Crippen MR) is 169 cm³/mol. The second-order valence-electron chi connectivity index (χ2n) is 11.1. The highest BCUT2D eigenvalue weighted by Crippen LogP contribution is 2.48. The maximum atomic E-state index is 14.3. The zero-order valence-corrected chi connectivity index (χ0v) is 28.1. The summed E-state index contributed by atoms with van der Waals surface area (Å²) < 4.78 is 49.9. The van der Waals surface area contributed by atoms with Crippen molar-refractivity contribution in [2.24, 2.45) is 5.92 Å². The maximum absolute atomic E-state index is 14.3. The molecule has 2 aromatic heterocycles. The van der Waals surface area contributed by atoms with Gasteiger partial charge in [-0.15, -0.1) is 0 Å². The van der Waals surface area contributed by atoms with E-state index in [2.05, 4.69) is 21.2 Å². The molecule has 0 spiro atoms. The number of nitrogens with zero attached hydrogens (tertiary/aromatic N) is 4. The van der Waals surface area contributed by atoms with Gasteiger partial charge in [0.25, 0.3) is 0 Å². The molecule has 3 aromatic rings. The first kappa shape index (κ1) is 36.3. The Labute approximate surface area is 277 Å². The van der Waals surface area contributed by atoms with Gasteiger partial charge in [0.1, 0.15) is 35.8 Å². The molecule has 0 aliphatic carbocycles. The fraction of sp³-hybridized carbons (Fsp3) is 0.484. The number of anilines is 1. The van der Waals surface area contributed by atoms with Crippen molar-refractivity contribution >= 4 is 37.0 Å². The van der Waals surface area contributed by atoms with Crippen LogP contribution in [0.5, 0.6) is 5.75 Å². The summed E-state index contributed by atoms with van der Waals surface area (Å²) in [7, 11) is -4.43. The number of nitriles is 1. The van der Waals surface area contributed by atoms with E-state index in [4.69, 9.17) is 33.7 Å². The Bertz CT molecular complexity index is 1690. The fourth-order valence-electron chi connectivity index (χ4n) is 5.19. The van der Waals surface area contributed by atoms with Crippen molar-refractivity contribution in [3.8, 4) is 11.8 Å². The highest BCUT2D eigenvalue weighted by atomic mass is 31.2. The number of fused-ring (bicyclic) bond motifs is 1. The van der Waals surface area contributed by atoms with E-state index in [0.29, 0.717) is 5.52 Å². The number of nitrogen functional groups attached to an aromatic ring is 1. The fourth-order valence-corrected chi connectivity index (χ4v) is 6.70. The number of para-hydroxylation sites is 1. The molecule has 17 heteroatoms. The third kappa shape index (κ3) is 8.11. The molecule has 4 rings (SSSR count). The first-order chi connectivity index (χ1) is 22.9. The molecule has 1 saturated heterocycles. The minimum atomic E-state index is -4.43. The van der Waals surface area contributed by atoms with Crippen molar-refractivity contribution in [2.75, 3.05) is 18.9 Å². The van der Waals surface area contributed by atoms with E-state index in [-0.39, 0.29) is 29.8 Å². The van der Waals surface area contributed by atoms with E-state index >= 15 is 0 Å². The van der Waals surface area contributed by atoms with Gasteiger partial charge in [-0.3, -0.25) is 18.9 Å². The lowest BCUT2D eigenvalue weighted by Crippen LogP contribution is -2.45. The summed E-state index contributed by atoms with van der Waals surface area (Å²) in [4.78, 5) is 41.5. The van der Waals surface area contributed by atoms with Crippen LogP contribution in [0.15, 0.2) is 48.8 Å². The van der Waals surface area contributed by atoms with E-state index in [1.165, 1.54) is 35.7 Å². The predicted octanol–water partition coefficient (Wildman–Crippen LogP) is 3.45. The van der Waals surface area contributed by atoms with Crippen LogP contribution in [0.25, 0.3) is 5.52 Å². The van der Waals surface area contributed by atoms with Crippen LogP contribution in [-0.4, -0.2) is 70.1 Å². The SMILES string of the molecule is CCC(CC)COC(=O)[C@H](C)N[P@](=O)(OC[C@H]1O[C@@](C#N)(c2ccc3c(N)ncnn23)[C@H](OC(C)=O)[C@@H]1OC(C)=O)Oc1ccccc1. The molecule has 0 unspecified atom stereocenters. The van der Waals surface area contributed by atoms with E-state index in [1.807, 2.05) is 13.8 Å². The quantitative estimate of drug-likeness (QED) is 0.133. The molecule has 3 N–H and O–H groups in total. The molecule has 48 heavy (non-hydrogen) atoms. The van der Waals surface area contributed by atoms with E-state index in [0.717, 1.165) is 33.0 Å². The third-order valence-electron chi connectivity index (χ3n) is 7.73. The molecule has 1 aromatic carbocycles. The molecule has 0 amide bonds. The molecule has 16 nitrogen and oxygen atoms in total. The van der Waals surface area contributed by atoms with Crippen LogP contribution in [0.4, 0.5) is 5.82 Å². The van der Waals surface area contributed by atoms with Crippen LogP contribution < -0.4 is 15.3 Å². The topological polar surface area (TPSA) is 216 Å². The summed E-state index contributed by atoms with van der Waals surface area (Å²) in [6, 6.07) is 12.0. The maximum Gasteiger partial charge on any atom is 0.459 e. The number of hydrogen-bond donors (Lipinski definition) is 2. The molecule has 1 aliphatic rings. The van der Waals surface area contributed by atoms with Crippen molar-refractivity contribution in [1.82, 2.24) is 19.7 Å². The zero-order valence-electron chi connectivity index (χ0n) is 27.2. The minimum Gasteiger partial charge on any atom is -0.464 e. The average molecular weight is 687 g/mol. The van der Waals surface area contributed by atoms with Gasteiger partial charge < -0.3 is 29.2 Å². The summed E-state index contributed by atoms with van der Waals surface area (Å²) in [5.41, 5.74) is 4.28. The Morgan fingerprint density at radius 2 is 1.81 bits per heavy atom. The largest absolute Gasteiger partial charge is 0.464 e. The highest BCUT2D eigenvalue weighted by Gasteiger charge is 2.62. The summed E-state index contributed by atoms with van der Waals surface area (Å²) >= 11 is 0. The van der Waals surface area contributed by atoms with Crippen molar-refractivity contribution in [3.05, 3.63) is 54.5 Å². The molecule has 0 bridgehead atoms. The lowest BCUT2D eigenvalue weighted by Gasteiger charge is -2.28. The molecular weight excluding hydrogens is 647 g/mol. The number of benzene rings is 1. The molecule has 6 atom stereocenters. The van der Waals surface area contributed by atoms with E-state index in [9.17, 15) is 24.2 Å².